The summed E-state index contributed by atoms with van der Waals surface area (Å²) in [4.78, 5) is 23.7. The van der Waals surface area contributed by atoms with Gasteiger partial charge >= 0.3 is 0 Å². The molecule has 4 aromatic heterocycles. The number of aromatic nitrogens is 5. The Morgan fingerprint density at radius 2 is 1.14 bits per heavy atom. The Hall–Kier alpha value is -5.23. The molecular weight excluding hydrogens is 458 g/mol. The summed E-state index contributed by atoms with van der Waals surface area (Å²) < 4.78 is 6.31. The summed E-state index contributed by atoms with van der Waals surface area (Å²) >= 11 is 0. The molecule has 4 heterocycles. The Labute approximate surface area is 212 Å². The van der Waals surface area contributed by atoms with Crippen LogP contribution < -0.4 is 0 Å². The third kappa shape index (κ3) is 3.81. The molecule has 0 N–H and O–H groups in total. The summed E-state index contributed by atoms with van der Waals surface area (Å²) in [5.41, 5.74) is 5.50. The SMILES string of the molecule is c1ccc(-c2nc(-c3ccccc3)nc(-c3ccc4c(n3)oc3c(-c5ccccn5)cccc34)n2)cc1. The lowest BCUT2D eigenvalue weighted by Gasteiger charge is -2.07. The minimum Gasteiger partial charge on any atom is -0.437 e. The molecule has 0 spiro atoms. The van der Waals surface area contributed by atoms with Gasteiger partial charge in [-0.05, 0) is 30.3 Å². The summed E-state index contributed by atoms with van der Waals surface area (Å²) in [6.07, 6.45) is 1.78. The van der Waals surface area contributed by atoms with E-state index in [4.69, 9.17) is 24.4 Å². The van der Waals surface area contributed by atoms with Crippen LogP contribution in [0.2, 0.25) is 0 Å². The van der Waals surface area contributed by atoms with Crippen LogP contribution in [0, 0.1) is 0 Å². The Balaban J connectivity index is 1.41. The van der Waals surface area contributed by atoms with E-state index < -0.39 is 0 Å². The van der Waals surface area contributed by atoms with E-state index in [1.165, 1.54) is 0 Å². The summed E-state index contributed by atoms with van der Waals surface area (Å²) in [6.45, 7) is 0. The molecule has 174 valence electrons. The average molecular weight is 478 g/mol. The largest absolute Gasteiger partial charge is 0.437 e. The third-order valence-electron chi connectivity index (χ3n) is 6.23. The van der Waals surface area contributed by atoms with Gasteiger partial charge in [0.25, 0.3) is 0 Å². The maximum atomic E-state index is 6.31. The van der Waals surface area contributed by atoms with Crippen LogP contribution in [0.5, 0.6) is 0 Å². The second kappa shape index (κ2) is 8.77. The van der Waals surface area contributed by atoms with Crippen molar-refractivity contribution in [1.29, 1.82) is 0 Å². The molecular formula is C31H19N5O. The smallest absolute Gasteiger partial charge is 0.228 e. The predicted molar refractivity (Wildman–Crippen MR) is 144 cm³/mol. The Bertz CT molecular complexity index is 1810. The van der Waals surface area contributed by atoms with Gasteiger partial charge in [0.1, 0.15) is 11.3 Å². The summed E-state index contributed by atoms with van der Waals surface area (Å²) in [5.74, 6) is 1.67. The van der Waals surface area contributed by atoms with Crippen molar-refractivity contribution in [3.8, 4) is 45.6 Å². The second-order valence-corrected chi connectivity index (χ2v) is 8.59. The van der Waals surface area contributed by atoms with Gasteiger partial charge in [0.05, 0.1) is 5.69 Å². The van der Waals surface area contributed by atoms with Crippen LogP contribution in [0.15, 0.2) is 120 Å². The molecule has 3 aromatic carbocycles. The highest BCUT2D eigenvalue weighted by Crippen LogP contribution is 2.35. The van der Waals surface area contributed by atoms with E-state index in [2.05, 4.69) is 4.98 Å². The Kier molecular flexibility index (Phi) is 5.00. The Morgan fingerprint density at radius 3 is 1.81 bits per heavy atom. The van der Waals surface area contributed by atoms with Crippen LogP contribution in [0.25, 0.3) is 67.6 Å². The van der Waals surface area contributed by atoms with Crippen molar-refractivity contribution in [2.45, 2.75) is 0 Å². The highest BCUT2D eigenvalue weighted by Gasteiger charge is 2.17. The van der Waals surface area contributed by atoms with Gasteiger partial charge in [-0.25, -0.2) is 19.9 Å². The maximum Gasteiger partial charge on any atom is 0.228 e. The molecule has 0 radical (unpaired) electrons. The van der Waals surface area contributed by atoms with Crippen LogP contribution >= 0.6 is 0 Å². The van der Waals surface area contributed by atoms with Crippen LogP contribution in [0.1, 0.15) is 0 Å². The monoisotopic (exact) mass is 477 g/mol. The fraction of sp³-hybridized carbons (Fsp3) is 0. The number of nitrogens with zero attached hydrogens (tertiary/aromatic N) is 5. The van der Waals surface area contributed by atoms with Crippen molar-refractivity contribution in [3.63, 3.8) is 0 Å². The highest BCUT2D eigenvalue weighted by molar-refractivity contribution is 6.08. The van der Waals surface area contributed by atoms with E-state index in [1.54, 1.807) is 6.20 Å². The van der Waals surface area contributed by atoms with Gasteiger partial charge < -0.3 is 4.42 Å². The first-order valence-electron chi connectivity index (χ1n) is 11.9. The van der Waals surface area contributed by atoms with E-state index in [9.17, 15) is 0 Å². The van der Waals surface area contributed by atoms with Crippen molar-refractivity contribution in [2.24, 2.45) is 0 Å². The Morgan fingerprint density at radius 1 is 0.459 bits per heavy atom. The first-order valence-corrected chi connectivity index (χ1v) is 11.9. The molecule has 0 bridgehead atoms. The van der Waals surface area contributed by atoms with E-state index in [-0.39, 0.29) is 0 Å². The second-order valence-electron chi connectivity index (χ2n) is 8.59. The molecule has 0 aliphatic heterocycles. The molecule has 0 saturated heterocycles. The molecule has 0 atom stereocenters. The number of para-hydroxylation sites is 1. The topological polar surface area (TPSA) is 77.6 Å². The van der Waals surface area contributed by atoms with E-state index >= 15 is 0 Å². The number of furan rings is 1. The molecule has 7 rings (SSSR count). The molecule has 0 saturated carbocycles. The highest BCUT2D eigenvalue weighted by atomic mass is 16.3. The molecule has 0 aliphatic rings. The molecule has 6 heteroatoms. The molecule has 6 nitrogen and oxygen atoms in total. The zero-order valence-electron chi connectivity index (χ0n) is 19.6. The minimum absolute atomic E-state index is 0.486. The summed E-state index contributed by atoms with van der Waals surface area (Å²) in [5, 5.41) is 1.92. The normalized spacial score (nSPS) is 11.2. The predicted octanol–water partition coefficient (Wildman–Crippen LogP) is 7.23. The lowest BCUT2D eigenvalue weighted by Crippen LogP contribution is -2.01. The molecule has 0 aliphatic carbocycles. The van der Waals surface area contributed by atoms with Crippen molar-refractivity contribution >= 4 is 22.1 Å². The van der Waals surface area contributed by atoms with Gasteiger partial charge in [0.2, 0.25) is 5.71 Å². The van der Waals surface area contributed by atoms with E-state index in [1.807, 2.05) is 109 Å². The quantitative estimate of drug-likeness (QED) is 0.266. The summed E-state index contributed by atoms with van der Waals surface area (Å²) in [7, 11) is 0. The summed E-state index contributed by atoms with van der Waals surface area (Å²) in [6, 6.07) is 35.6. The van der Waals surface area contributed by atoms with Gasteiger partial charge in [-0.3, -0.25) is 4.98 Å². The van der Waals surface area contributed by atoms with Crippen LogP contribution in [0.3, 0.4) is 0 Å². The number of fused-ring (bicyclic) bond motifs is 3. The van der Waals surface area contributed by atoms with Crippen LogP contribution in [0.4, 0.5) is 0 Å². The number of pyridine rings is 2. The molecule has 0 amide bonds. The number of hydrogen-bond acceptors (Lipinski definition) is 6. The first kappa shape index (κ1) is 21.1. The average Bonchev–Trinajstić information content (AvgIpc) is 3.36. The van der Waals surface area contributed by atoms with Crippen LogP contribution in [-0.4, -0.2) is 24.9 Å². The minimum atomic E-state index is 0.486. The lowest BCUT2D eigenvalue weighted by molar-refractivity contribution is 0.655. The van der Waals surface area contributed by atoms with Crippen molar-refractivity contribution in [1.82, 2.24) is 24.9 Å². The van der Waals surface area contributed by atoms with Gasteiger partial charge in [-0.1, -0.05) is 78.9 Å². The standard InChI is InChI=1S/C31H19N5O/c1-3-10-20(11-4-1)28-34-29(21-12-5-2-6-13-21)36-30(35-28)26-18-17-23-22-14-9-15-24(25-16-7-8-19-32-25)27(22)37-31(23)33-26/h1-19H. The molecule has 0 fully saturated rings. The number of benzene rings is 3. The maximum absolute atomic E-state index is 6.31. The number of hydrogen-bond donors (Lipinski definition) is 0. The van der Waals surface area contributed by atoms with E-state index in [0.717, 1.165) is 38.7 Å². The number of rotatable bonds is 4. The third-order valence-corrected chi connectivity index (χ3v) is 6.23. The fourth-order valence-corrected chi connectivity index (χ4v) is 4.45. The van der Waals surface area contributed by atoms with Gasteiger partial charge in [0, 0.05) is 33.7 Å². The van der Waals surface area contributed by atoms with Gasteiger partial charge in [-0.2, -0.15) is 0 Å². The lowest BCUT2D eigenvalue weighted by atomic mass is 10.1. The van der Waals surface area contributed by atoms with Crippen molar-refractivity contribution in [3.05, 3.63) is 115 Å². The first-order chi connectivity index (χ1) is 18.3. The van der Waals surface area contributed by atoms with Crippen LogP contribution in [-0.2, 0) is 0 Å². The zero-order chi connectivity index (χ0) is 24.6. The molecule has 0 unspecified atom stereocenters. The van der Waals surface area contributed by atoms with Crippen molar-refractivity contribution in [2.75, 3.05) is 0 Å². The van der Waals surface area contributed by atoms with Crippen molar-refractivity contribution < 1.29 is 4.42 Å². The van der Waals surface area contributed by atoms with E-state index in [0.29, 0.717) is 28.9 Å². The van der Waals surface area contributed by atoms with Gasteiger partial charge in [-0.15, -0.1) is 0 Å². The van der Waals surface area contributed by atoms with Gasteiger partial charge in [0.15, 0.2) is 17.5 Å². The fourth-order valence-electron chi connectivity index (χ4n) is 4.45. The zero-order valence-corrected chi connectivity index (χ0v) is 19.6. The molecule has 37 heavy (non-hydrogen) atoms. The molecule has 7 aromatic rings.